The Hall–Kier alpha value is -0.820. The molecule has 8 heteroatoms. The van der Waals surface area contributed by atoms with E-state index in [1.165, 1.54) is 30.1 Å². The van der Waals surface area contributed by atoms with Crippen LogP contribution in [0.15, 0.2) is 23.1 Å². The zero-order valence-corrected chi connectivity index (χ0v) is 13.3. The van der Waals surface area contributed by atoms with Gasteiger partial charge in [0, 0.05) is 18.6 Å². The number of rotatable bonds is 6. The zero-order valence-electron chi connectivity index (χ0n) is 11.0. The fourth-order valence-electron chi connectivity index (χ4n) is 1.52. The molecule has 0 bridgehead atoms. The third-order valence-corrected chi connectivity index (χ3v) is 4.98. The lowest BCUT2D eigenvalue weighted by atomic mass is 10.4. The molecule has 0 aromatic heterocycles. The van der Waals surface area contributed by atoms with E-state index in [9.17, 15) is 13.2 Å². The molecule has 0 aliphatic carbocycles. The van der Waals surface area contributed by atoms with E-state index in [-0.39, 0.29) is 14.9 Å². The molecule has 1 aromatic carbocycles. The van der Waals surface area contributed by atoms with Gasteiger partial charge < -0.3 is 10.6 Å². The van der Waals surface area contributed by atoms with Crippen molar-refractivity contribution in [1.29, 1.82) is 0 Å². The van der Waals surface area contributed by atoms with Crippen LogP contribution in [0.1, 0.15) is 6.42 Å². The molecular weight excluding hydrogens is 323 g/mol. The van der Waals surface area contributed by atoms with Gasteiger partial charge in [0.05, 0.1) is 9.92 Å². The van der Waals surface area contributed by atoms with Crippen LogP contribution in [0.2, 0.25) is 10.0 Å². The quantitative estimate of drug-likeness (QED) is 0.853. The summed E-state index contributed by atoms with van der Waals surface area (Å²) in [6, 6.07) is 4.11. The van der Waals surface area contributed by atoms with Crippen molar-refractivity contribution < 1.29 is 13.2 Å². The summed E-state index contributed by atoms with van der Waals surface area (Å²) in [5.74, 6) is -1.15. The van der Waals surface area contributed by atoms with Gasteiger partial charge in [-0.05, 0) is 31.2 Å². The molecule has 0 aliphatic heterocycles. The molecule has 0 unspecified atom stereocenters. The zero-order chi connectivity index (χ0) is 15.3. The SMILES string of the molecule is CN(CCCN)C(=O)CS(=O)(=O)c1cc(Cl)ccc1Cl. The average molecular weight is 339 g/mol. The molecule has 5 nitrogen and oxygen atoms in total. The summed E-state index contributed by atoms with van der Waals surface area (Å²) in [5.41, 5.74) is 5.34. The van der Waals surface area contributed by atoms with Crippen molar-refractivity contribution in [3.63, 3.8) is 0 Å². The maximum absolute atomic E-state index is 12.2. The Morgan fingerprint density at radius 2 is 2.00 bits per heavy atom. The maximum Gasteiger partial charge on any atom is 0.237 e. The van der Waals surface area contributed by atoms with E-state index in [2.05, 4.69) is 0 Å². The van der Waals surface area contributed by atoms with E-state index in [1.807, 2.05) is 0 Å². The molecule has 0 heterocycles. The predicted octanol–water partition coefficient (Wildman–Crippen LogP) is 1.57. The predicted molar refractivity (Wildman–Crippen MR) is 79.8 cm³/mol. The van der Waals surface area contributed by atoms with Crippen molar-refractivity contribution in [3.05, 3.63) is 28.2 Å². The first-order chi connectivity index (χ1) is 9.27. The molecule has 1 aromatic rings. The molecule has 0 aliphatic rings. The van der Waals surface area contributed by atoms with Crippen molar-refractivity contribution >= 4 is 38.9 Å². The molecular formula is C12H16Cl2N2O3S. The molecule has 0 atom stereocenters. The topological polar surface area (TPSA) is 80.5 Å². The van der Waals surface area contributed by atoms with Crippen molar-refractivity contribution in [2.75, 3.05) is 25.9 Å². The first-order valence-electron chi connectivity index (χ1n) is 5.90. The lowest BCUT2D eigenvalue weighted by Crippen LogP contribution is -2.34. The average Bonchev–Trinajstić information content (AvgIpc) is 2.38. The smallest absolute Gasteiger partial charge is 0.237 e. The Kier molecular flexibility index (Phi) is 6.26. The molecule has 0 saturated heterocycles. The molecule has 112 valence electrons. The standard InChI is InChI=1S/C12H16Cl2N2O3S/c1-16(6-2-5-15)12(17)8-20(18,19)11-7-9(13)3-4-10(11)14/h3-4,7H,2,5-6,8,15H2,1H3. The summed E-state index contributed by atoms with van der Waals surface area (Å²) in [6.45, 7) is 0.846. The van der Waals surface area contributed by atoms with Crippen LogP contribution in [-0.4, -0.2) is 45.1 Å². The van der Waals surface area contributed by atoms with E-state index in [0.29, 0.717) is 19.5 Å². The highest BCUT2D eigenvalue weighted by Crippen LogP contribution is 2.26. The second kappa shape index (κ2) is 7.26. The summed E-state index contributed by atoms with van der Waals surface area (Å²) in [6.07, 6.45) is 0.611. The van der Waals surface area contributed by atoms with Crippen LogP contribution in [-0.2, 0) is 14.6 Å². The summed E-state index contributed by atoms with van der Waals surface area (Å²) in [4.78, 5) is 13.1. The van der Waals surface area contributed by atoms with Gasteiger partial charge in [-0.25, -0.2) is 8.42 Å². The van der Waals surface area contributed by atoms with Crippen LogP contribution in [0.4, 0.5) is 0 Å². The molecule has 0 saturated carbocycles. The number of hydrogen-bond donors (Lipinski definition) is 1. The van der Waals surface area contributed by atoms with Crippen LogP contribution < -0.4 is 5.73 Å². The van der Waals surface area contributed by atoms with Gasteiger partial charge in [-0.2, -0.15) is 0 Å². The van der Waals surface area contributed by atoms with Gasteiger partial charge in [-0.1, -0.05) is 23.2 Å². The van der Waals surface area contributed by atoms with Crippen LogP contribution in [0.25, 0.3) is 0 Å². The molecule has 0 radical (unpaired) electrons. The summed E-state index contributed by atoms with van der Waals surface area (Å²) in [7, 11) is -2.29. The summed E-state index contributed by atoms with van der Waals surface area (Å²) < 4.78 is 24.4. The van der Waals surface area contributed by atoms with Gasteiger partial charge in [-0.15, -0.1) is 0 Å². The van der Waals surface area contributed by atoms with E-state index in [4.69, 9.17) is 28.9 Å². The first-order valence-corrected chi connectivity index (χ1v) is 8.30. The lowest BCUT2D eigenvalue weighted by Gasteiger charge is -2.17. The van der Waals surface area contributed by atoms with Gasteiger partial charge in [0.25, 0.3) is 0 Å². The van der Waals surface area contributed by atoms with Crippen molar-refractivity contribution in [3.8, 4) is 0 Å². The summed E-state index contributed by atoms with van der Waals surface area (Å²) >= 11 is 11.6. The number of halogens is 2. The molecule has 0 spiro atoms. The Labute approximate surface area is 128 Å². The van der Waals surface area contributed by atoms with Crippen LogP contribution in [0.5, 0.6) is 0 Å². The fraction of sp³-hybridized carbons (Fsp3) is 0.417. The number of amides is 1. The number of carbonyl (C=O) groups excluding carboxylic acids is 1. The molecule has 20 heavy (non-hydrogen) atoms. The van der Waals surface area contributed by atoms with E-state index >= 15 is 0 Å². The van der Waals surface area contributed by atoms with Crippen molar-refractivity contribution in [2.45, 2.75) is 11.3 Å². The van der Waals surface area contributed by atoms with Crippen molar-refractivity contribution in [1.82, 2.24) is 4.90 Å². The number of nitrogens with two attached hydrogens (primary N) is 1. The fourth-order valence-corrected chi connectivity index (χ4v) is 3.60. The van der Waals surface area contributed by atoms with E-state index < -0.39 is 21.5 Å². The number of sulfone groups is 1. The highest BCUT2D eigenvalue weighted by Gasteiger charge is 2.24. The minimum atomic E-state index is -3.82. The summed E-state index contributed by atoms with van der Waals surface area (Å²) in [5, 5.41) is 0.295. The van der Waals surface area contributed by atoms with Gasteiger partial charge in [-0.3, -0.25) is 4.79 Å². The third-order valence-electron chi connectivity index (χ3n) is 2.67. The van der Waals surface area contributed by atoms with Crippen molar-refractivity contribution in [2.24, 2.45) is 5.73 Å². The minimum absolute atomic E-state index is 0.0480. The monoisotopic (exact) mass is 338 g/mol. The number of nitrogens with zero attached hydrogens (tertiary/aromatic N) is 1. The van der Waals surface area contributed by atoms with Crippen LogP contribution >= 0.6 is 23.2 Å². The molecule has 0 fully saturated rings. The lowest BCUT2D eigenvalue weighted by molar-refractivity contribution is -0.127. The second-order valence-corrected chi connectivity index (χ2v) is 7.09. The third kappa shape index (κ3) is 4.63. The van der Waals surface area contributed by atoms with E-state index in [0.717, 1.165) is 0 Å². The van der Waals surface area contributed by atoms with Crippen LogP contribution in [0.3, 0.4) is 0 Å². The number of carbonyl (C=O) groups is 1. The first kappa shape index (κ1) is 17.2. The Morgan fingerprint density at radius 3 is 2.60 bits per heavy atom. The normalized spacial score (nSPS) is 11.4. The molecule has 1 rings (SSSR count). The molecule has 2 N–H and O–H groups in total. The molecule has 1 amide bonds. The van der Waals surface area contributed by atoms with Gasteiger partial charge in [0.2, 0.25) is 5.91 Å². The second-order valence-electron chi connectivity index (χ2n) is 4.29. The Morgan fingerprint density at radius 1 is 1.35 bits per heavy atom. The maximum atomic E-state index is 12.2. The van der Waals surface area contributed by atoms with E-state index in [1.54, 1.807) is 0 Å². The highest BCUT2D eigenvalue weighted by atomic mass is 35.5. The Balaban J connectivity index is 2.90. The van der Waals surface area contributed by atoms with Gasteiger partial charge >= 0.3 is 0 Å². The number of benzene rings is 1. The largest absolute Gasteiger partial charge is 0.345 e. The Bertz CT molecular complexity index is 590. The highest BCUT2D eigenvalue weighted by molar-refractivity contribution is 7.92. The van der Waals surface area contributed by atoms with Crippen LogP contribution in [0, 0.1) is 0 Å². The van der Waals surface area contributed by atoms with Gasteiger partial charge in [0.1, 0.15) is 5.75 Å². The van der Waals surface area contributed by atoms with Gasteiger partial charge in [0.15, 0.2) is 9.84 Å². The minimum Gasteiger partial charge on any atom is -0.345 e. The number of hydrogen-bond acceptors (Lipinski definition) is 4.